The number of hydrogen-bond donors (Lipinski definition) is 7. The van der Waals surface area contributed by atoms with Gasteiger partial charge in [0.05, 0.1) is 37.9 Å². The maximum absolute atomic E-state index is 12.8. The minimum atomic E-state index is -4.55. The average Bonchev–Trinajstić information content (AvgIpc) is 3.75. The zero-order valence-electron chi connectivity index (χ0n) is 25.7. The molecule has 2 aliphatic heterocycles. The first-order valence-electron chi connectivity index (χ1n) is 15.4. The zero-order valence-corrected chi connectivity index (χ0v) is 26.6. The Morgan fingerprint density at radius 2 is 1.75 bits per heavy atom. The predicted octanol–water partition coefficient (Wildman–Crippen LogP) is -0.460. The fourth-order valence-electron chi connectivity index (χ4n) is 6.07. The number of nitrogens with one attached hydrogen (secondary N) is 3. The highest BCUT2D eigenvalue weighted by Crippen LogP contribution is 2.47. The van der Waals surface area contributed by atoms with Crippen molar-refractivity contribution in [2.75, 3.05) is 18.5 Å². The maximum Gasteiger partial charge on any atom is 0.472 e. The van der Waals surface area contributed by atoms with Crippen molar-refractivity contribution in [2.24, 2.45) is 0 Å². The Hall–Kier alpha value is -3.59. The summed E-state index contributed by atoms with van der Waals surface area (Å²) >= 11 is 0. The van der Waals surface area contributed by atoms with E-state index in [1.807, 2.05) is 0 Å². The number of carbonyl (C=O) groups excluding carboxylic acids is 1. The van der Waals surface area contributed by atoms with E-state index in [2.05, 4.69) is 30.6 Å². The highest BCUT2D eigenvalue weighted by atomic mass is 31.2. The van der Waals surface area contributed by atoms with Gasteiger partial charge in [-0.1, -0.05) is 0 Å². The van der Waals surface area contributed by atoms with Gasteiger partial charge in [-0.15, -0.1) is 0 Å². The predicted molar refractivity (Wildman–Crippen MR) is 163 cm³/mol. The molecule has 5 heterocycles. The lowest BCUT2D eigenvalue weighted by Crippen LogP contribution is -2.41. The van der Waals surface area contributed by atoms with E-state index in [-0.39, 0.29) is 36.9 Å². The topological polar surface area (TPSA) is 274 Å². The van der Waals surface area contributed by atoms with Crippen LogP contribution >= 0.6 is 7.82 Å². The Kier molecular flexibility index (Phi) is 10.1. The van der Waals surface area contributed by atoms with Crippen LogP contribution in [-0.4, -0.2) is 105 Å². The molecular weight excluding hydrogens is 659 g/mol. The van der Waals surface area contributed by atoms with Gasteiger partial charge in [-0.3, -0.25) is 33.3 Å². The Labute approximate surface area is 271 Å². The van der Waals surface area contributed by atoms with Crippen LogP contribution in [0.3, 0.4) is 0 Å². The first-order valence-corrected chi connectivity index (χ1v) is 16.9. The number of H-pyrrole nitrogens is 1. The molecule has 2 saturated heterocycles. The van der Waals surface area contributed by atoms with E-state index in [0.717, 1.165) is 4.57 Å². The molecule has 3 aromatic rings. The van der Waals surface area contributed by atoms with Gasteiger partial charge in [-0.2, -0.15) is 0 Å². The van der Waals surface area contributed by atoms with Crippen molar-refractivity contribution in [1.82, 2.24) is 34.4 Å². The number of hydrogen-bond acceptors (Lipinski definition) is 14. The molecule has 6 rings (SSSR count). The summed E-state index contributed by atoms with van der Waals surface area (Å²) in [6.07, 6.45) is 0.0175. The Bertz CT molecular complexity index is 1790. The number of aliphatic hydroxyl groups excluding tert-OH is 3. The Balaban J connectivity index is 0.956. The number of rotatable bonds is 10. The average molecular weight is 697 g/mol. The van der Waals surface area contributed by atoms with Gasteiger partial charge in [0, 0.05) is 30.6 Å². The third-order valence-electron chi connectivity index (χ3n) is 8.64. The number of phosphoric ester groups is 1. The quantitative estimate of drug-likeness (QED) is 0.132. The molecule has 20 nitrogen and oxygen atoms in total. The SMILES string of the molecule is Cc1cn([C@H]2C[C@H](O)[C@@H](COP(=O)(O)OC3CCC(NC(=O)Nc4ncnc5c4ncn5[C@H]4C[C@H](O)[C@@H](CO)O4)CC3)O2)c(=O)[nH]c1=O. The van der Waals surface area contributed by atoms with Gasteiger partial charge in [-0.25, -0.2) is 29.1 Å². The van der Waals surface area contributed by atoms with Gasteiger partial charge in [-0.05, 0) is 32.6 Å². The van der Waals surface area contributed by atoms with Crippen LogP contribution in [0.25, 0.3) is 11.2 Å². The molecule has 1 aliphatic carbocycles. The van der Waals surface area contributed by atoms with Gasteiger partial charge in [0.25, 0.3) is 5.56 Å². The minimum Gasteiger partial charge on any atom is -0.394 e. The van der Waals surface area contributed by atoms with Crippen LogP contribution in [0.4, 0.5) is 10.6 Å². The summed E-state index contributed by atoms with van der Waals surface area (Å²) in [5, 5.41) is 35.4. The second-order valence-electron chi connectivity index (χ2n) is 12.0. The summed E-state index contributed by atoms with van der Waals surface area (Å²) in [6, 6.07) is -0.799. The first kappa shape index (κ1) is 34.3. The van der Waals surface area contributed by atoms with Crippen molar-refractivity contribution < 1.29 is 48.1 Å². The van der Waals surface area contributed by atoms with Gasteiger partial charge < -0.3 is 35.0 Å². The van der Waals surface area contributed by atoms with E-state index < -0.39 is 74.7 Å². The monoisotopic (exact) mass is 696 g/mol. The molecule has 7 atom stereocenters. The molecule has 0 radical (unpaired) electrons. The zero-order chi connectivity index (χ0) is 34.2. The van der Waals surface area contributed by atoms with E-state index in [1.165, 1.54) is 25.8 Å². The number of aliphatic hydroxyl groups is 3. The number of aromatic nitrogens is 6. The van der Waals surface area contributed by atoms with Crippen molar-refractivity contribution in [2.45, 2.75) is 94.5 Å². The van der Waals surface area contributed by atoms with E-state index in [1.54, 1.807) is 4.57 Å². The molecule has 0 spiro atoms. The van der Waals surface area contributed by atoms with Gasteiger partial charge >= 0.3 is 19.5 Å². The van der Waals surface area contributed by atoms with E-state index in [0.29, 0.717) is 36.8 Å². The van der Waals surface area contributed by atoms with Gasteiger partial charge in [0.15, 0.2) is 17.0 Å². The number of amides is 2. The number of aryl methyl sites for hydroxylation is 1. The van der Waals surface area contributed by atoms with Gasteiger partial charge in [0.1, 0.15) is 31.0 Å². The van der Waals surface area contributed by atoms with Crippen LogP contribution in [0.15, 0.2) is 28.4 Å². The minimum absolute atomic E-state index is 0.00179. The fourth-order valence-corrected chi connectivity index (χ4v) is 7.05. The van der Waals surface area contributed by atoms with Crippen molar-refractivity contribution in [3.05, 3.63) is 45.3 Å². The van der Waals surface area contributed by atoms with Crippen LogP contribution in [-0.2, 0) is 23.1 Å². The third-order valence-corrected chi connectivity index (χ3v) is 9.68. The second kappa shape index (κ2) is 14.1. The molecule has 1 saturated carbocycles. The number of imidazole rings is 1. The Morgan fingerprint density at radius 3 is 2.46 bits per heavy atom. The number of phosphoric acid groups is 1. The lowest BCUT2D eigenvalue weighted by molar-refractivity contribution is -0.0488. The summed E-state index contributed by atoms with van der Waals surface area (Å²) in [4.78, 5) is 61.8. The summed E-state index contributed by atoms with van der Waals surface area (Å²) < 4.78 is 37.2. The molecule has 2 amide bonds. The fraction of sp³-hybridized carbons (Fsp3) is 0.630. The van der Waals surface area contributed by atoms with Gasteiger partial charge in [0.2, 0.25) is 0 Å². The lowest BCUT2D eigenvalue weighted by atomic mass is 9.93. The number of ether oxygens (including phenoxy) is 2. The van der Waals surface area contributed by atoms with E-state index in [9.17, 15) is 39.2 Å². The van der Waals surface area contributed by atoms with Crippen molar-refractivity contribution in [3.8, 4) is 0 Å². The Morgan fingerprint density at radius 1 is 1.06 bits per heavy atom. The molecule has 1 unspecified atom stereocenters. The summed E-state index contributed by atoms with van der Waals surface area (Å²) in [5.41, 5.74) is -0.293. The molecule has 0 aromatic carbocycles. The van der Waals surface area contributed by atoms with Crippen LogP contribution in [0, 0.1) is 6.92 Å². The molecule has 3 aromatic heterocycles. The highest BCUT2D eigenvalue weighted by Gasteiger charge is 2.39. The number of carbonyl (C=O) groups is 1. The normalized spacial score (nSPS) is 30.4. The number of nitrogens with zero attached hydrogens (tertiary/aromatic N) is 5. The van der Waals surface area contributed by atoms with Crippen LogP contribution in [0.5, 0.6) is 0 Å². The molecule has 0 bridgehead atoms. The number of anilines is 1. The van der Waals surface area contributed by atoms with Crippen molar-refractivity contribution in [3.63, 3.8) is 0 Å². The summed E-state index contributed by atoms with van der Waals surface area (Å²) in [5.74, 6) is 0.160. The lowest BCUT2D eigenvalue weighted by Gasteiger charge is -2.30. The molecule has 3 fully saturated rings. The van der Waals surface area contributed by atoms with E-state index in [4.69, 9.17) is 18.5 Å². The molecule has 262 valence electrons. The maximum atomic E-state index is 12.8. The molecular formula is C27H37N8O12P. The second-order valence-corrected chi connectivity index (χ2v) is 13.4. The number of aromatic amines is 1. The van der Waals surface area contributed by atoms with Crippen LogP contribution < -0.4 is 21.9 Å². The first-order chi connectivity index (χ1) is 22.9. The molecule has 3 aliphatic rings. The number of urea groups is 1. The van der Waals surface area contributed by atoms with Crippen molar-refractivity contribution >= 4 is 30.8 Å². The molecule has 21 heteroatoms. The summed E-state index contributed by atoms with van der Waals surface area (Å²) in [6.45, 7) is 0.705. The smallest absolute Gasteiger partial charge is 0.394 e. The largest absolute Gasteiger partial charge is 0.472 e. The standard InChI is InChI=1S/C27H37N8O12P/c1-13-8-34(27(41)33-25(13)39)20-7-17(38)19(46-20)10-44-48(42,43)47-15-4-2-14(3-5-15)31-26(40)32-23-22-24(29-11-28-23)35(12-30-22)21-6-16(37)18(9-36)45-21/h8,11-12,14-21,36-38H,2-7,9-10H2,1H3,(H,42,43)(H,33,39,41)(H2,28,29,31,32,40)/t14?,15?,16-,17-,18+,19+,20+,21+/m0/s1. The molecule has 48 heavy (non-hydrogen) atoms. The van der Waals surface area contributed by atoms with E-state index >= 15 is 0 Å². The van der Waals surface area contributed by atoms with Crippen LogP contribution in [0.2, 0.25) is 0 Å². The third kappa shape index (κ3) is 7.51. The molecule has 7 N–H and O–H groups in total. The number of fused-ring (bicyclic) bond motifs is 1. The van der Waals surface area contributed by atoms with Crippen LogP contribution in [0.1, 0.15) is 56.5 Å². The highest BCUT2D eigenvalue weighted by molar-refractivity contribution is 7.47. The van der Waals surface area contributed by atoms with Crippen molar-refractivity contribution in [1.29, 1.82) is 0 Å². The summed E-state index contributed by atoms with van der Waals surface area (Å²) in [7, 11) is -4.55.